The molecule has 6 aliphatic carbocycles. The molecule has 0 radical (unpaired) electrons. The molecule has 0 aromatic carbocycles. The van der Waals surface area contributed by atoms with E-state index in [9.17, 15) is 10.2 Å². The van der Waals surface area contributed by atoms with Crippen molar-refractivity contribution < 1.29 is 10.2 Å². The molecule has 30 heavy (non-hydrogen) atoms. The Balaban J connectivity index is 1.33. The summed E-state index contributed by atoms with van der Waals surface area (Å²) in [7, 11) is 0. The number of hydrogen-bond acceptors (Lipinski definition) is 2. The molecule has 0 aromatic rings. The normalized spacial score (nSPS) is 50.6. The SMILES string of the molecule is OCC1CC(CO)CC(C2CCC3=C4C2CCCC4C2CCCC4CCCC3C42)C1. The Hall–Kier alpha value is -0.340. The van der Waals surface area contributed by atoms with E-state index >= 15 is 0 Å². The van der Waals surface area contributed by atoms with Crippen LogP contribution in [0.2, 0.25) is 0 Å². The van der Waals surface area contributed by atoms with Gasteiger partial charge in [-0.2, -0.15) is 0 Å². The van der Waals surface area contributed by atoms with Gasteiger partial charge in [0.05, 0.1) is 0 Å². The molecule has 9 unspecified atom stereocenters. The number of allylic oxidation sites excluding steroid dienone is 2. The minimum Gasteiger partial charge on any atom is -0.396 e. The Labute approximate surface area is 183 Å². The molecular weight excluding hydrogens is 368 g/mol. The van der Waals surface area contributed by atoms with Crippen molar-refractivity contribution in [1.82, 2.24) is 0 Å². The Morgan fingerprint density at radius 2 is 1.23 bits per heavy atom. The van der Waals surface area contributed by atoms with E-state index in [1.165, 1.54) is 83.5 Å². The van der Waals surface area contributed by atoms with Crippen molar-refractivity contribution in [3.8, 4) is 0 Å². The number of aliphatic hydroxyl groups excluding tert-OH is 2. The van der Waals surface area contributed by atoms with Crippen LogP contribution in [-0.4, -0.2) is 23.4 Å². The van der Waals surface area contributed by atoms with Gasteiger partial charge in [0.2, 0.25) is 0 Å². The lowest BCUT2D eigenvalue weighted by Crippen LogP contribution is -2.50. The smallest absolute Gasteiger partial charge is 0.0459 e. The van der Waals surface area contributed by atoms with E-state index in [1.807, 2.05) is 11.1 Å². The molecule has 0 aliphatic heterocycles. The van der Waals surface area contributed by atoms with Crippen molar-refractivity contribution in [2.24, 2.45) is 59.2 Å². The van der Waals surface area contributed by atoms with Gasteiger partial charge in [-0.3, -0.25) is 0 Å². The first-order valence-corrected chi connectivity index (χ1v) is 13.7. The maximum absolute atomic E-state index is 9.92. The van der Waals surface area contributed by atoms with Gasteiger partial charge in [-0.15, -0.1) is 0 Å². The second-order valence-corrected chi connectivity index (χ2v) is 12.4. The summed E-state index contributed by atoms with van der Waals surface area (Å²) in [5.74, 6) is 8.35. The topological polar surface area (TPSA) is 40.5 Å². The van der Waals surface area contributed by atoms with Gasteiger partial charge in [0, 0.05) is 13.2 Å². The predicted octanol–water partition coefficient (Wildman–Crippen LogP) is 5.97. The van der Waals surface area contributed by atoms with Crippen molar-refractivity contribution in [2.45, 2.75) is 89.9 Å². The van der Waals surface area contributed by atoms with Crippen molar-refractivity contribution in [1.29, 1.82) is 0 Å². The second-order valence-electron chi connectivity index (χ2n) is 12.4. The summed E-state index contributed by atoms with van der Waals surface area (Å²) >= 11 is 0. The molecule has 9 atom stereocenters. The van der Waals surface area contributed by atoms with Crippen LogP contribution in [0.5, 0.6) is 0 Å². The highest BCUT2D eigenvalue weighted by Gasteiger charge is 2.54. The molecule has 0 heterocycles. The summed E-state index contributed by atoms with van der Waals surface area (Å²) in [6.45, 7) is 0.655. The number of aliphatic hydroxyl groups is 2. The van der Waals surface area contributed by atoms with Gasteiger partial charge in [-0.25, -0.2) is 0 Å². The van der Waals surface area contributed by atoms with Crippen LogP contribution in [0, 0.1) is 59.2 Å². The standard InChI is InChI=1S/C28H44O2/c29-15-17-12-18(16-30)14-20(13-17)21-10-11-26-24-7-2-5-19-4-1-6-23(27(19)24)25-9-3-8-22(21)28(25)26/h17-25,27,29-30H,1-16H2. The van der Waals surface area contributed by atoms with E-state index in [1.54, 1.807) is 0 Å². The van der Waals surface area contributed by atoms with Gasteiger partial charge in [0.25, 0.3) is 0 Å². The Morgan fingerprint density at radius 3 is 1.97 bits per heavy atom. The van der Waals surface area contributed by atoms with Gasteiger partial charge >= 0.3 is 0 Å². The van der Waals surface area contributed by atoms with Crippen molar-refractivity contribution >= 4 is 0 Å². The minimum absolute atomic E-state index is 0.328. The monoisotopic (exact) mass is 412 g/mol. The van der Waals surface area contributed by atoms with Gasteiger partial charge in [-0.1, -0.05) is 43.3 Å². The summed E-state index contributed by atoms with van der Waals surface area (Å²) in [5, 5.41) is 19.8. The number of hydrogen-bond donors (Lipinski definition) is 2. The third kappa shape index (κ3) is 3.18. The molecule has 0 aromatic heterocycles. The highest BCUT2D eigenvalue weighted by atomic mass is 16.3. The number of fused-ring (bicyclic) bond motifs is 2. The maximum atomic E-state index is 9.92. The average molecular weight is 413 g/mol. The van der Waals surface area contributed by atoms with Crippen LogP contribution in [0.1, 0.15) is 89.9 Å². The molecule has 2 nitrogen and oxygen atoms in total. The largest absolute Gasteiger partial charge is 0.396 e. The maximum Gasteiger partial charge on any atom is 0.0459 e. The third-order valence-corrected chi connectivity index (χ3v) is 11.2. The van der Waals surface area contributed by atoms with Crippen LogP contribution in [0.3, 0.4) is 0 Å². The molecular formula is C28H44O2. The Kier molecular flexibility index (Phi) is 5.55. The minimum atomic E-state index is 0.328. The lowest BCUT2D eigenvalue weighted by Gasteiger charge is -2.59. The average Bonchev–Trinajstić information content (AvgIpc) is 2.81. The molecule has 2 heteroatoms. The molecule has 0 amide bonds. The molecule has 4 fully saturated rings. The highest BCUT2D eigenvalue weighted by Crippen LogP contribution is 2.64. The fourth-order valence-electron chi connectivity index (χ4n) is 10.4. The molecule has 0 bridgehead atoms. The summed E-state index contributed by atoms with van der Waals surface area (Å²) < 4.78 is 0. The summed E-state index contributed by atoms with van der Waals surface area (Å²) in [6.07, 6.45) is 19.8. The lowest BCUT2D eigenvalue weighted by molar-refractivity contribution is -0.00974. The Bertz CT molecular complexity index is 654. The fraction of sp³-hybridized carbons (Fsp3) is 0.929. The zero-order chi connectivity index (χ0) is 20.2. The van der Waals surface area contributed by atoms with Crippen LogP contribution in [0.4, 0.5) is 0 Å². The quantitative estimate of drug-likeness (QED) is 0.560. The van der Waals surface area contributed by atoms with Crippen LogP contribution in [0.15, 0.2) is 11.1 Å². The zero-order valence-electron chi connectivity index (χ0n) is 19.0. The molecule has 4 saturated carbocycles. The molecule has 0 spiro atoms. The van der Waals surface area contributed by atoms with Gasteiger partial charge < -0.3 is 10.2 Å². The lowest BCUT2D eigenvalue weighted by atomic mass is 9.46. The predicted molar refractivity (Wildman–Crippen MR) is 121 cm³/mol. The van der Waals surface area contributed by atoms with Crippen LogP contribution in [0.25, 0.3) is 0 Å². The van der Waals surface area contributed by atoms with E-state index in [0.717, 1.165) is 53.8 Å². The van der Waals surface area contributed by atoms with Crippen molar-refractivity contribution in [3.05, 3.63) is 11.1 Å². The Morgan fingerprint density at radius 1 is 0.600 bits per heavy atom. The molecule has 0 saturated heterocycles. The van der Waals surface area contributed by atoms with Gasteiger partial charge in [0.1, 0.15) is 0 Å². The van der Waals surface area contributed by atoms with E-state index in [4.69, 9.17) is 0 Å². The second kappa shape index (κ2) is 8.22. The van der Waals surface area contributed by atoms with E-state index in [2.05, 4.69) is 0 Å². The fourth-order valence-corrected chi connectivity index (χ4v) is 10.4. The first kappa shape index (κ1) is 20.3. The van der Waals surface area contributed by atoms with E-state index in [-0.39, 0.29) is 0 Å². The van der Waals surface area contributed by atoms with E-state index in [0.29, 0.717) is 25.0 Å². The molecule has 168 valence electrons. The highest BCUT2D eigenvalue weighted by molar-refractivity contribution is 5.33. The van der Waals surface area contributed by atoms with Crippen LogP contribution in [-0.2, 0) is 0 Å². The van der Waals surface area contributed by atoms with Gasteiger partial charge in [-0.05, 0) is 117 Å². The summed E-state index contributed by atoms with van der Waals surface area (Å²) in [5.41, 5.74) is 4.03. The first-order chi connectivity index (χ1) is 14.8. The van der Waals surface area contributed by atoms with Crippen molar-refractivity contribution in [2.75, 3.05) is 13.2 Å². The van der Waals surface area contributed by atoms with Gasteiger partial charge in [0.15, 0.2) is 0 Å². The van der Waals surface area contributed by atoms with E-state index < -0.39 is 0 Å². The number of rotatable bonds is 3. The molecule has 2 N–H and O–H groups in total. The zero-order valence-corrected chi connectivity index (χ0v) is 19.0. The summed E-state index contributed by atoms with van der Waals surface area (Å²) in [6, 6.07) is 0. The van der Waals surface area contributed by atoms with Crippen LogP contribution >= 0.6 is 0 Å². The first-order valence-electron chi connectivity index (χ1n) is 13.7. The summed E-state index contributed by atoms with van der Waals surface area (Å²) in [4.78, 5) is 0. The third-order valence-electron chi connectivity index (χ3n) is 11.2. The molecule has 6 aliphatic rings. The molecule has 6 rings (SSSR count). The van der Waals surface area contributed by atoms with Crippen molar-refractivity contribution in [3.63, 3.8) is 0 Å². The van der Waals surface area contributed by atoms with Crippen LogP contribution < -0.4 is 0 Å².